The normalized spacial score (nSPS) is 14.8. The van der Waals surface area contributed by atoms with Gasteiger partial charge in [-0.05, 0) is 19.3 Å². The molecule has 2 aromatic rings. The lowest BCUT2D eigenvalue weighted by Gasteiger charge is -2.37. The smallest absolute Gasteiger partial charge is 0.258 e. The molecule has 0 bridgehead atoms. The van der Waals surface area contributed by atoms with Crippen molar-refractivity contribution < 1.29 is 5.11 Å². The van der Waals surface area contributed by atoms with Gasteiger partial charge in [0.2, 0.25) is 11.9 Å². The Kier molecular flexibility index (Phi) is 3.88. The first-order valence-electron chi connectivity index (χ1n) is 6.77. The van der Waals surface area contributed by atoms with Gasteiger partial charge in [0.25, 0.3) is 5.95 Å². The van der Waals surface area contributed by atoms with E-state index in [4.69, 9.17) is 5.84 Å². The zero-order valence-electron chi connectivity index (χ0n) is 11.4. The highest BCUT2D eigenvalue weighted by molar-refractivity contribution is 5.40. The third-order valence-electron chi connectivity index (χ3n) is 3.48. The van der Waals surface area contributed by atoms with Crippen LogP contribution in [0.5, 0.6) is 0 Å². The van der Waals surface area contributed by atoms with Gasteiger partial charge < -0.3 is 10.0 Å². The van der Waals surface area contributed by atoms with Crippen LogP contribution < -0.4 is 16.2 Å². The van der Waals surface area contributed by atoms with Crippen molar-refractivity contribution in [3.63, 3.8) is 0 Å². The van der Waals surface area contributed by atoms with Crippen LogP contribution in [0.1, 0.15) is 19.3 Å². The minimum atomic E-state index is 0.0340. The van der Waals surface area contributed by atoms with Crippen LogP contribution in [0.25, 0.3) is 5.95 Å². The topological polar surface area (TPSA) is 131 Å². The lowest BCUT2D eigenvalue weighted by molar-refractivity contribution is 0.282. The van der Waals surface area contributed by atoms with Crippen LogP contribution in [0.15, 0.2) is 12.7 Å². The minimum Gasteiger partial charge on any atom is -0.395 e. The van der Waals surface area contributed by atoms with Crippen LogP contribution in [0.4, 0.5) is 11.9 Å². The van der Waals surface area contributed by atoms with Crippen molar-refractivity contribution in [2.24, 2.45) is 5.84 Å². The number of anilines is 2. The molecular weight excluding hydrogens is 274 g/mol. The molecule has 0 aromatic carbocycles. The zero-order chi connectivity index (χ0) is 14.7. The summed E-state index contributed by atoms with van der Waals surface area (Å²) in [5.74, 6) is 6.47. The number of aliphatic hydroxyl groups excluding tert-OH is 1. The largest absolute Gasteiger partial charge is 0.395 e. The quantitative estimate of drug-likeness (QED) is 0.457. The molecule has 2 heterocycles. The van der Waals surface area contributed by atoms with Crippen molar-refractivity contribution in [2.45, 2.75) is 25.3 Å². The minimum absolute atomic E-state index is 0.0340. The fourth-order valence-corrected chi connectivity index (χ4v) is 2.21. The molecule has 4 N–H and O–H groups in total. The van der Waals surface area contributed by atoms with Gasteiger partial charge in [-0.3, -0.25) is 5.43 Å². The van der Waals surface area contributed by atoms with E-state index in [0.29, 0.717) is 24.5 Å². The molecule has 0 amide bonds. The van der Waals surface area contributed by atoms with E-state index in [1.54, 1.807) is 0 Å². The number of nitrogen functional groups attached to an aromatic ring is 1. The summed E-state index contributed by atoms with van der Waals surface area (Å²) in [7, 11) is 0. The van der Waals surface area contributed by atoms with Crippen molar-refractivity contribution in [3.05, 3.63) is 12.7 Å². The monoisotopic (exact) mass is 291 g/mol. The molecule has 0 saturated heterocycles. The van der Waals surface area contributed by atoms with Crippen LogP contribution in [-0.4, -0.2) is 54.0 Å². The first kappa shape index (κ1) is 13.6. The molecule has 10 heteroatoms. The number of nitrogens with two attached hydrogens (primary N) is 1. The molecule has 112 valence electrons. The molecule has 1 saturated carbocycles. The molecule has 0 aliphatic heterocycles. The second-order valence-corrected chi connectivity index (χ2v) is 4.75. The molecule has 0 spiro atoms. The van der Waals surface area contributed by atoms with Crippen LogP contribution in [0.2, 0.25) is 0 Å². The van der Waals surface area contributed by atoms with E-state index in [2.05, 4.69) is 30.5 Å². The highest BCUT2D eigenvalue weighted by Gasteiger charge is 2.27. The first-order chi connectivity index (χ1) is 10.3. The average molecular weight is 291 g/mol. The second-order valence-electron chi connectivity index (χ2n) is 4.75. The maximum absolute atomic E-state index is 9.27. The van der Waals surface area contributed by atoms with Gasteiger partial charge in [0.05, 0.1) is 6.61 Å². The zero-order valence-corrected chi connectivity index (χ0v) is 11.4. The summed E-state index contributed by atoms with van der Waals surface area (Å²) in [4.78, 5) is 18.7. The number of aliphatic hydroxyl groups is 1. The summed E-state index contributed by atoms with van der Waals surface area (Å²) in [6, 6.07) is 0.341. The third-order valence-corrected chi connectivity index (χ3v) is 3.48. The molecule has 0 radical (unpaired) electrons. The van der Waals surface area contributed by atoms with E-state index < -0.39 is 0 Å². The Morgan fingerprint density at radius 2 is 2.24 bits per heavy atom. The van der Waals surface area contributed by atoms with Crippen molar-refractivity contribution in [1.82, 2.24) is 29.7 Å². The number of aromatic nitrogens is 6. The van der Waals surface area contributed by atoms with Crippen LogP contribution in [0.3, 0.4) is 0 Å². The van der Waals surface area contributed by atoms with E-state index >= 15 is 0 Å². The Morgan fingerprint density at radius 1 is 1.38 bits per heavy atom. The van der Waals surface area contributed by atoms with Gasteiger partial charge in [-0.1, -0.05) is 0 Å². The number of hydrazine groups is 1. The van der Waals surface area contributed by atoms with E-state index in [1.165, 1.54) is 23.8 Å². The Hall–Kier alpha value is -2.33. The van der Waals surface area contributed by atoms with Gasteiger partial charge in [-0.15, -0.1) is 0 Å². The van der Waals surface area contributed by atoms with E-state index in [-0.39, 0.29) is 12.6 Å². The molecule has 0 atom stereocenters. The molecule has 21 heavy (non-hydrogen) atoms. The number of hydrogen-bond donors (Lipinski definition) is 3. The molecule has 1 aliphatic rings. The molecule has 2 aromatic heterocycles. The first-order valence-corrected chi connectivity index (χ1v) is 6.77. The van der Waals surface area contributed by atoms with Gasteiger partial charge in [0.15, 0.2) is 0 Å². The summed E-state index contributed by atoms with van der Waals surface area (Å²) in [5.41, 5.74) is 2.43. The highest BCUT2D eigenvalue weighted by atomic mass is 16.3. The van der Waals surface area contributed by atoms with E-state index in [9.17, 15) is 5.11 Å². The lowest BCUT2D eigenvalue weighted by Crippen LogP contribution is -2.43. The molecule has 1 fully saturated rings. The molecule has 0 unspecified atom stereocenters. The Bertz CT molecular complexity index is 583. The fraction of sp³-hybridized carbons (Fsp3) is 0.545. The Morgan fingerprint density at radius 3 is 2.81 bits per heavy atom. The summed E-state index contributed by atoms with van der Waals surface area (Å²) in [6.45, 7) is 0.502. The average Bonchev–Trinajstić information content (AvgIpc) is 2.98. The number of hydrogen-bond acceptors (Lipinski definition) is 9. The van der Waals surface area contributed by atoms with Gasteiger partial charge in [-0.2, -0.15) is 24.7 Å². The van der Waals surface area contributed by atoms with Gasteiger partial charge in [0, 0.05) is 12.6 Å². The summed E-state index contributed by atoms with van der Waals surface area (Å²) in [5, 5.41) is 13.3. The van der Waals surface area contributed by atoms with Gasteiger partial charge >= 0.3 is 0 Å². The van der Waals surface area contributed by atoms with Crippen molar-refractivity contribution in [1.29, 1.82) is 0 Å². The van der Waals surface area contributed by atoms with Crippen molar-refractivity contribution in [2.75, 3.05) is 23.5 Å². The van der Waals surface area contributed by atoms with E-state index in [0.717, 1.165) is 12.8 Å². The standard InChI is InChI=1S/C11H17N9O/c12-18-9-15-10(19(4-5-21)8-2-1-3-8)17-11(16-9)20-7-13-6-14-20/h6-8,21H,1-5,12H2,(H,15,16,17,18). The Labute approximate surface area is 121 Å². The number of rotatable bonds is 6. The van der Waals surface area contributed by atoms with Crippen molar-refractivity contribution in [3.8, 4) is 5.95 Å². The highest BCUT2D eigenvalue weighted by Crippen LogP contribution is 2.27. The molecular formula is C11H17N9O. The predicted molar refractivity (Wildman–Crippen MR) is 74.6 cm³/mol. The third kappa shape index (κ3) is 2.76. The number of nitrogens with one attached hydrogen (secondary N) is 1. The maximum Gasteiger partial charge on any atom is 0.258 e. The van der Waals surface area contributed by atoms with E-state index in [1.807, 2.05) is 4.90 Å². The summed E-state index contributed by atoms with van der Waals surface area (Å²) in [6.07, 6.45) is 6.20. The predicted octanol–water partition coefficient (Wildman–Crippen LogP) is -0.911. The lowest BCUT2D eigenvalue weighted by atomic mass is 9.92. The fourth-order valence-electron chi connectivity index (χ4n) is 2.21. The maximum atomic E-state index is 9.27. The van der Waals surface area contributed by atoms with Crippen LogP contribution in [0, 0.1) is 0 Å². The van der Waals surface area contributed by atoms with Gasteiger partial charge in [0.1, 0.15) is 12.7 Å². The Balaban J connectivity index is 1.97. The second kappa shape index (κ2) is 5.97. The van der Waals surface area contributed by atoms with Crippen LogP contribution in [-0.2, 0) is 0 Å². The SMILES string of the molecule is NNc1nc(N(CCO)C2CCC2)nc(-n2cncn2)n1. The number of nitrogens with zero attached hydrogens (tertiary/aromatic N) is 7. The summed E-state index contributed by atoms with van der Waals surface area (Å²) >= 11 is 0. The summed E-state index contributed by atoms with van der Waals surface area (Å²) < 4.78 is 1.43. The van der Waals surface area contributed by atoms with Gasteiger partial charge in [-0.25, -0.2) is 10.8 Å². The molecule has 3 rings (SSSR count). The molecule has 1 aliphatic carbocycles. The van der Waals surface area contributed by atoms with Crippen molar-refractivity contribution >= 4 is 11.9 Å². The van der Waals surface area contributed by atoms with Crippen LogP contribution >= 0.6 is 0 Å². The molecule has 10 nitrogen and oxygen atoms in total.